The van der Waals surface area contributed by atoms with E-state index >= 15 is 0 Å². The zero-order chi connectivity index (χ0) is 10.1. The maximum absolute atomic E-state index is 3.86. The number of hydrogen-bond acceptors (Lipinski definition) is 2. The molecule has 2 N–H and O–H groups in total. The maximum atomic E-state index is 3.86. The molecule has 0 amide bonds. The van der Waals surface area contributed by atoms with Gasteiger partial charge in [-0.1, -0.05) is 31.4 Å². The first-order chi connectivity index (χ1) is 6.20. The molecule has 0 heterocycles. The van der Waals surface area contributed by atoms with E-state index in [4.69, 9.17) is 0 Å². The quantitative estimate of drug-likeness (QED) is 0.604. The fraction of sp³-hybridized carbons (Fsp3) is 0.273. The molecule has 72 valence electrons. The SMILES string of the molecule is C=C(/C=C\C=C/C(=C)NC)CNC. The van der Waals surface area contributed by atoms with Gasteiger partial charge in [0.25, 0.3) is 0 Å². The molecule has 0 spiro atoms. The highest BCUT2D eigenvalue weighted by Gasteiger charge is 1.82. The lowest BCUT2D eigenvalue weighted by molar-refractivity contribution is 0.898. The van der Waals surface area contributed by atoms with Crippen molar-refractivity contribution in [1.29, 1.82) is 0 Å². The van der Waals surface area contributed by atoms with E-state index in [1.807, 2.05) is 38.4 Å². The van der Waals surface area contributed by atoms with Gasteiger partial charge in [0, 0.05) is 19.3 Å². The lowest BCUT2D eigenvalue weighted by atomic mass is 10.2. The van der Waals surface area contributed by atoms with Crippen molar-refractivity contribution in [2.24, 2.45) is 0 Å². The van der Waals surface area contributed by atoms with E-state index in [-0.39, 0.29) is 0 Å². The van der Waals surface area contributed by atoms with Crippen LogP contribution in [0.4, 0.5) is 0 Å². The van der Waals surface area contributed by atoms with E-state index in [1.54, 1.807) is 0 Å². The summed E-state index contributed by atoms with van der Waals surface area (Å²) >= 11 is 0. The zero-order valence-corrected chi connectivity index (χ0v) is 8.43. The normalized spacial score (nSPS) is 10.9. The highest BCUT2D eigenvalue weighted by atomic mass is 14.8. The Kier molecular flexibility index (Phi) is 6.65. The number of nitrogens with one attached hydrogen (secondary N) is 2. The van der Waals surface area contributed by atoms with Crippen molar-refractivity contribution in [3.8, 4) is 0 Å². The Hall–Kier alpha value is -1.28. The van der Waals surface area contributed by atoms with E-state index < -0.39 is 0 Å². The Balaban J connectivity index is 3.80. The van der Waals surface area contributed by atoms with Crippen LogP contribution < -0.4 is 10.6 Å². The van der Waals surface area contributed by atoms with Gasteiger partial charge >= 0.3 is 0 Å². The van der Waals surface area contributed by atoms with Crippen LogP contribution in [-0.4, -0.2) is 20.6 Å². The van der Waals surface area contributed by atoms with Crippen LogP contribution in [0.3, 0.4) is 0 Å². The molecule has 2 nitrogen and oxygen atoms in total. The van der Waals surface area contributed by atoms with Gasteiger partial charge in [-0.15, -0.1) is 0 Å². The van der Waals surface area contributed by atoms with Gasteiger partial charge in [0.2, 0.25) is 0 Å². The second-order valence-corrected chi connectivity index (χ2v) is 2.68. The summed E-state index contributed by atoms with van der Waals surface area (Å²) in [7, 11) is 3.74. The average molecular weight is 178 g/mol. The van der Waals surface area contributed by atoms with Crippen LogP contribution in [0.1, 0.15) is 0 Å². The van der Waals surface area contributed by atoms with Crippen LogP contribution in [0.15, 0.2) is 48.7 Å². The van der Waals surface area contributed by atoms with Gasteiger partial charge in [0.15, 0.2) is 0 Å². The molecular formula is C11H18N2. The monoisotopic (exact) mass is 178 g/mol. The first-order valence-electron chi connectivity index (χ1n) is 4.24. The molecule has 0 unspecified atom stereocenters. The van der Waals surface area contributed by atoms with Crippen molar-refractivity contribution in [1.82, 2.24) is 10.6 Å². The van der Waals surface area contributed by atoms with Crippen LogP contribution in [0.2, 0.25) is 0 Å². The van der Waals surface area contributed by atoms with Gasteiger partial charge in [-0.3, -0.25) is 0 Å². The minimum absolute atomic E-state index is 0.817. The third-order valence-corrected chi connectivity index (χ3v) is 1.47. The molecule has 0 aliphatic carbocycles. The van der Waals surface area contributed by atoms with Crippen molar-refractivity contribution in [3.63, 3.8) is 0 Å². The second kappa shape index (κ2) is 7.37. The van der Waals surface area contributed by atoms with Crippen LogP contribution in [0.5, 0.6) is 0 Å². The highest BCUT2D eigenvalue weighted by Crippen LogP contribution is 1.92. The Morgan fingerprint density at radius 1 is 1.15 bits per heavy atom. The Bertz CT molecular complexity index is 224. The molecule has 0 aliphatic heterocycles. The smallest absolute Gasteiger partial charge is 0.0264 e. The molecule has 0 atom stereocenters. The zero-order valence-electron chi connectivity index (χ0n) is 8.43. The molecule has 0 rings (SSSR count). The van der Waals surface area contributed by atoms with Crippen LogP contribution in [0.25, 0.3) is 0 Å². The van der Waals surface area contributed by atoms with Crippen molar-refractivity contribution in [2.45, 2.75) is 0 Å². The van der Waals surface area contributed by atoms with Crippen molar-refractivity contribution in [3.05, 3.63) is 48.7 Å². The van der Waals surface area contributed by atoms with Crippen molar-refractivity contribution < 1.29 is 0 Å². The molecular weight excluding hydrogens is 160 g/mol. The minimum Gasteiger partial charge on any atom is -0.389 e. The molecule has 0 aromatic heterocycles. The molecule has 0 aliphatic rings. The standard InChI is InChI=1S/C11H18N2/c1-10(9-12-3)7-5-6-8-11(2)13-4/h5-8,12-13H,1-2,9H2,3-4H3/b7-5-,8-6-. The molecule has 0 aromatic carbocycles. The fourth-order valence-corrected chi connectivity index (χ4v) is 0.733. The van der Waals surface area contributed by atoms with Gasteiger partial charge in [0.05, 0.1) is 0 Å². The summed E-state index contributed by atoms with van der Waals surface area (Å²) in [4.78, 5) is 0. The molecule has 0 saturated carbocycles. The van der Waals surface area contributed by atoms with Crippen LogP contribution in [-0.2, 0) is 0 Å². The topological polar surface area (TPSA) is 24.1 Å². The minimum atomic E-state index is 0.817. The van der Waals surface area contributed by atoms with Gasteiger partial charge in [-0.25, -0.2) is 0 Å². The van der Waals surface area contributed by atoms with Gasteiger partial charge in [-0.2, -0.15) is 0 Å². The molecule has 13 heavy (non-hydrogen) atoms. The molecule has 0 fully saturated rings. The fourth-order valence-electron chi connectivity index (χ4n) is 0.733. The van der Waals surface area contributed by atoms with E-state index in [0.717, 1.165) is 17.8 Å². The maximum Gasteiger partial charge on any atom is 0.0264 e. The predicted octanol–water partition coefficient (Wildman–Crippen LogP) is 1.61. The lowest BCUT2D eigenvalue weighted by Gasteiger charge is -1.95. The molecule has 2 heteroatoms. The summed E-state index contributed by atoms with van der Waals surface area (Å²) in [5.41, 5.74) is 1.95. The van der Waals surface area contributed by atoms with Crippen molar-refractivity contribution in [2.75, 3.05) is 20.6 Å². The molecule has 0 radical (unpaired) electrons. The van der Waals surface area contributed by atoms with Crippen molar-refractivity contribution >= 4 is 0 Å². The summed E-state index contributed by atoms with van der Waals surface area (Å²) < 4.78 is 0. The van der Waals surface area contributed by atoms with E-state index in [0.29, 0.717) is 0 Å². The average Bonchev–Trinajstić information content (AvgIpc) is 2.12. The summed E-state index contributed by atoms with van der Waals surface area (Å²) in [6.07, 6.45) is 7.75. The summed E-state index contributed by atoms with van der Waals surface area (Å²) in [5.74, 6) is 0. The van der Waals surface area contributed by atoms with Gasteiger partial charge < -0.3 is 10.6 Å². The predicted molar refractivity (Wildman–Crippen MR) is 59.5 cm³/mol. The van der Waals surface area contributed by atoms with Gasteiger partial charge in [0.1, 0.15) is 0 Å². The Labute approximate surface area is 80.7 Å². The third-order valence-electron chi connectivity index (χ3n) is 1.47. The number of allylic oxidation sites excluding steroid dienone is 3. The van der Waals surface area contributed by atoms with E-state index in [2.05, 4.69) is 23.8 Å². The Morgan fingerprint density at radius 2 is 1.77 bits per heavy atom. The van der Waals surface area contributed by atoms with E-state index in [9.17, 15) is 0 Å². The third kappa shape index (κ3) is 7.09. The number of likely N-dealkylation sites (N-methyl/N-ethyl adjacent to an activating group) is 2. The molecule has 0 saturated heterocycles. The second-order valence-electron chi connectivity index (χ2n) is 2.68. The lowest BCUT2D eigenvalue weighted by Crippen LogP contribution is -2.08. The number of rotatable bonds is 6. The first-order valence-corrected chi connectivity index (χ1v) is 4.24. The highest BCUT2D eigenvalue weighted by molar-refractivity contribution is 5.23. The first kappa shape index (κ1) is 11.7. The summed E-state index contributed by atoms with van der Waals surface area (Å²) in [5, 5.41) is 5.95. The number of hydrogen-bond donors (Lipinski definition) is 2. The molecule has 0 bridgehead atoms. The van der Waals surface area contributed by atoms with Gasteiger partial charge in [-0.05, 0) is 18.7 Å². The Morgan fingerprint density at radius 3 is 2.31 bits per heavy atom. The van der Waals surface area contributed by atoms with Crippen LogP contribution >= 0.6 is 0 Å². The van der Waals surface area contributed by atoms with E-state index in [1.165, 1.54) is 0 Å². The molecule has 0 aromatic rings. The summed E-state index contributed by atoms with van der Waals surface area (Å²) in [6, 6.07) is 0. The van der Waals surface area contributed by atoms with Crippen LogP contribution in [0, 0.1) is 0 Å². The largest absolute Gasteiger partial charge is 0.389 e. The summed E-state index contributed by atoms with van der Waals surface area (Å²) in [6.45, 7) is 8.44.